The Morgan fingerprint density at radius 1 is 1.00 bits per heavy atom. The molecule has 2 amide bonds. The number of benzene rings is 2. The standard InChI is InChI=1S/C16H10ClNO4/c17-11-4-1-9(2-5-11)8-18-14(19)12-6-3-10(16(21)22)7-13(12)15(18)20/h1-7H,8H2,(H,21,22). The summed E-state index contributed by atoms with van der Waals surface area (Å²) in [5.41, 5.74) is 1.09. The monoisotopic (exact) mass is 315 g/mol. The molecule has 0 saturated carbocycles. The van der Waals surface area contributed by atoms with Crippen LogP contribution in [-0.4, -0.2) is 27.8 Å². The van der Waals surface area contributed by atoms with Crippen LogP contribution in [0.1, 0.15) is 36.6 Å². The minimum atomic E-state index is -1.14. The first-order chi connectivity index (χ1) is 10.5. The van der Waals surface area contributed by atoms with Crippen molar-refractivity contribution in [2.75, 3.05) is 0 Å². The van der Waals surface area contributed by atoms with E-state index in [-0.39, 0.29) is 23.2 Å². The molecule has 1 aliphatic rings. The Bertz CT molecular complexity index is 798. The van der Waals surface area contributed by atoms with Crippen molar-refractivity contribution in [3.63, 3.8) is 0 Å². The van der Waals surface area contributed by atoms with Crippen LogP contribution in [0.25, 0.3) is 0 Å². The van der Waals surface area contributed by atoms with E-state index in [1.54, 1.807) is 24.3 Å². The largest absolute Gasteiger partial charge is 0.478 e. The van der Waals surface area contributed by atoms with E-state index in [4.69, 9.17) is 16.7 Å². The summed E-state index contributed by atoms with van der Waals surface area (Å²) in [4.78, 5) is 36.7. The summed E-state index contributed by atoms with van der Waals surface area (Å²) in [5, 5.41) is 9.54. The summed E-state index contributed by atoms with van der Waals surface area (Å²) in [6.45, 7) is 0.117. The number of carboxylic acid groups (broad SMARTS) is 1. The highest BCUT2D eigenvalue weighted by Crippen LogP contribution is 2.26. The second-order valence-corrected chi connectivity index (χ2v) is 5.32. The quantitative estimate of drug-likeness (QED) is 0.884. The van der Waals surface area contributed by atoms with Gasteiger partial charge in [-0.05, 0) is 35.9 Å². The lowest BCUT2D eigenvalue weighted by Crippen LogP contribution is -2.29. The number of carboxylic acids is 1. The van der Waals surface area contributed by atoms with Gasteiger partial charge in [0.15, 0.2) is 0 Å². The van der Waals surface area contributed by atoms with Gasteiger partial charge >= 0.3 is 5.97 Å². The third-order valence-corrected chi connectivity index (χ3v) is 3.72. The third-order valence-electron chi connectivity index (χ3n) is 3.47. The van der Waals surface area contributed by atoms with Crippen molar-refractivity contribution in [3.8, 4) is 0 Å². The van der Waals surface area contributed by atoms with Crippen molar-refractivity contribution < 1.29 is 19.5 Å². The fraction of sp³-hybridized carbons (Fsp3) is 0.0625. The Morgan fingerprint density at radius 2 is 1.64 bits per heavy atom. The average Bonchev–Trinajstić information content (AvgIpc) is 2.74. The molecule has 0 saturated heterocycles. The fourth-order valence-corrected chi connectivity index (χ4v) is 2.47. The lowest BCUT2D eigenvalue weighted by molar-refractivity contribution is 0.0641. The molecule has 2 aromatic rings. The van der Waals surface area contributed by atoms with E-state index in [0.717, 1.165) is 10.5 Å². The van der Waals surface area contributed by atoms with Crippen LogP contribution in [0, 0.1) is 0 Å². The molecule has 0 aromatic heterocycles. The van der Waals surface area contributed by atoms with Crippen LogP contribution in [0.15, 0.2) is 42.5 Å². The Hall–Kier alpha value is -2.66. The van der Waals surface area contributed by atoms with Gasteiger partial charge in [-0.1, -0.05) is 23.7 Å². The molecule has 0 aliphatic carbocycles. The number of nitrogens with zero attached hydrogens (tertiary/aromatic N) is 1. The highest BCUT2D eigenvalue weighted by atomic mass is 35.5. The number of aromatic carboxylic acids is 1. The third kappa shape index (κ3) is 2.35. The summed E-state index contributed by atoms with van der Waals surface area (Å²) in [5.74, 6) is -2.05. The van der Waals surface area contributed by atoms with E-state index in [1.807, 2.05) is 0 Å². The molecule has 0 radical (unpaired) electrons. The number of rotatable bonds is 3. The van der Waals surface area contributed by atoms with E-state index in [9.17, 15) is 14.4 Å². The number of hydrogen-bond acceptors (Lipinski definition) is 3. The van der Waals surface area contributed by atoms with Crippen LogP contribution >= 0.6 is 11.6 Å². The maximum atomic E-state index is 12.3. The molecular formula is C16H10ClNO4. The highest BCUT2D eigenvalue weighted by Gasteiger charge is 2.35. The molecule has 0 fully saturated rings. The van der Waals surface area contributed by atoms with Gasteiger partial charge in [-0.25, -0.2) is 4.79 Å². The van der Waals surface area contributed by atoms with Crippen molar-refractivity contribution in [1.82, 2.24) is 4.90 Å². The van der Waals surface area contributed by atoms with Gasteiger partial charge in [0.1, 0.15) is 0 Å². The van der Waals surface area contributed by atoms with Crippen LogP contribution in [0.3, 0.4) is 0 Å². The van der Waals surface area contributed by atoms with E-state index in [1.165, 1.54) is 18.2 Å². The zero-order chi connectivity index (χ0) is 15.9. The number of halogens is 1. The lowest BCUT2D eigenvalue weighted by atomic mass is 10.1. The van der Waals surface area contributed by atoms with Crippen LogP contribution in [0.2, 0.25) is 5.02 Å². The summed E-state index contributed by atoms with van der Waals surface area (Å²) in [6, 6.07) is 10.7. The predicted octanol–water partition coefficient (Wildman–Crippen LogP) is 2.83. The van der Waals surface area contributed by atoms with Crippen LogP contribution in [0.4, 0.5) is 0 Å². The first-order valence-corrected chi connectivity index (χ1v) is 6.83. The Kier molecular flexibility index (Phi) is 3.42. The van der Waals surface area contributed by atoms with Crippen molar-refractivity contribution in [2.45, 2.75) is 6.54 Å². The molecule has 3 rings (SSSR count). The molecule has 1 heterocycles. The predicted molar refractivity (Wildman–Crippen MR) is 79.1 cm³/mol. The molecule has 22 heavy (non-hydrogen) atoms. The summed E-state index contributed by atoms with van der Waals surface area (Å²) in [7, 11) is 0. The number of imide groups is 1. The maximum Gasteiger partial charge on any atom is 0.335 e. The van der Waals surface area contributed by atoms with E-state index in [0.29, 0.717) is 5.02 Å². The first-order valence-electron chi connectivity index (χ1n) is 6.45. The summed E-state index contributed by atoms with van der Waals surface area (Å²) in [6.07, 6.45) is 0. The number of fused-ring (bicyclic) bond motifs is 1. The summed E-state index contributed by atoms with van der Waals surface area (Å²) < 4.78 is 0. The van der Waals surface area contributed by atoms with Crippen molar-refractivity contribution >= 4 is 29.4 Å². The highest BCUT2D eigenvalue weighted by molar-refractivity contribution is 6.30. The normalized spacial score (nSPS) is 13.4. The van der Waals surface area contributed by atoms with Gasteiger partial charge in [-0.15, -0.1) is 0 Å². The molecule has 0 spiro atoms. The molecule has 0 bridgehead atoms. The second-order valence-electron chi connectivity index (χ2n) is 4.89. The van der Waals surface area contributed by atoms with Crippen molar-refractivity contribution in [1.29, 1.82) is 0 Å². The Labute approximate surface area is 130 Å². The number of amides is 2. The van der Waals surface area contributed by atoms with Gasteiger partial charge in [-0.2, -0.15) is 0 Å². The fourth-order valence-electron chi connectivity index (χ4n) is 2.34. The lowest BCUT2D eigenvalue weighted by Gasteiger charge is -2.13. The molecule has 2 aromatic carbocycles. The molecule has 5 nitrogen and oxygen atoms in total. The van der Waals surface area contributed by atoms with Gasteiger partial charge in [-0.3, -0.25) is 14.5 Å². The average molecular weight is 316 g/mol. The van der Waals surface area contributed by atoms with Gasteiger partial charge < -0.3 is 5.11 Å². The molecule has 0 unspecified atom stereocenters. The molecule has 110 valence electrons. The van der Waals surface area contributed by atoms with Gasteiger partial charge in [0.05, 0.1) is 23.2 Å². The molecule has 0 atom stereocenters. The van der Waals surface area contributed by atoms with Crippen molar-refractivity contribution in [2.24, 2.45) is 0 Å². The zero-order valence-corrected chi connectivity index (χ0v) is 12.0. The maximum absolute atomic E-state index is 12.3. The van der Waals surface area contributed by atoms with E-state index in [2.05, 4.69) is 0 Å². The van der Waals surface area contributed by atoms with Crippen LogP contribution in [0.5, 0.6) is 0 Å². The number of carbonyl (C=O) groups excluding carboxylic acids is 2. The molecule has 6 heteroatoms. The number of carbonyl (C=O) groups is 3. The topological polar surface area (TPSA) is 74.7 Å². The van der Waals surface area contributed by atoms with Crippen LogP contribution in [-0.2, 0) is 6.54 Å². The minimum absolute atomic E-state index is 0.0201. The molecule has 1 N–H and O–H groups in total. The zero-order valence-electron chi connectivity index (χ0n) is 11.2. The SMILES string of the molecule is O=C(O)c1ccc2c(c1)C(=O)N(Cc1ccc(Cl)cc1)C2=O. The smallest absolute Gasteiger partial charge is 0.335 e. The summed E-state index contributed by atoms with van der Waals surface area (Å²) >= 11 is 5.80. The molecule has 1 aliphatic heterocycles. The van der Waals surface area contributed by atoms with Crippen LogP contribution < -0.4 is 0 Å². The first kappa shape index (κ1) is 14.3. The number of hydrogen-bond donors (Lipinski definition) is 1. The van der Waals surface area contributed by atoms with Gasteiger partial charge in [0.2, 0.25) is 0 Å². The van der Waals surface area contributed by atoms with E-state index >= 15 is 0 Å². The van der Waals surface area contributed by atoms with E-state index < -0.39 is 17.8 Å². The van der Waals surface area contributed by atoms with Gasteiger partial charge in [0, 0.05) is 5.02 Å². The Morgan fingerprint density at radius 3 is 2.27 bits per heavy atom. The Balaban J connectivity index is 1.92. The minimum Gasteiger partial charge on any atom is -0.478 e. The van der Waals surface area contributed by atoms with Gasteiger partial charge in [0.25, 0.3) is 11.8 Å². The second kappa shape index (κ2) is 5.27. The molecular weight excluding hydrogens is 306 g/mol. The van der Waals surface area contributed by atoms with Crippen molar-refractivity contribution in [3.05, 3.63) is 69.7 Å².